The lowest BCUT2D eigenvalue weighted by atomic mass is 10.1. The summed E-state index contributed by atoms with van der Waals surface area (Å²) in [6.45, 7) is 0. The van der Waals surface area contributed by atoms with Crippen LogP contribution in [0, 0.1) is 0 Å². The highest BCUT2D eigenvalue weighted by Gasteiger charge is 2.04. The van der Waals surface area contributed by atoms with E-state index in [0.29, 0.717) is 0 Å². The molecule has 0 amide bonds. The van der Waals surface area contributed by atoms with E-state index in [1.54, 1.807) is 0 Å². The normalized spacial score (nSPS) is 10.0. The van der Waals surface area contributed by atoms with E-state index >= 15 is 0 Å². The molecule has 0 bridgehead atoms. The smallest absolute Gasteiger partial charge is 0.0894 e. The van der Waals surface area contributed by atoms with Gasteiger partial charge in [0.25, 0.3) is 0 Å². The van der Waals surface area contributed by atoms with Crippen molar-refractivity contribution < 1.29 is 0 Å². The predicted octanol–water partition coefficient (Wildman–Crippen LogP) is 7.21. The third-order valence-corrected chi connectivity index (χ3v) is 4.57. The third-order valence-electron chi connectivity index (χ3n) is 4.57. The lowest BCUT2D eigenvalue weighted by molar-refractivity contribution is 1.33. The molecule has 2 nitrogen and oxygen atoms in total. The SMILES string of the molecule is c1ccccc(-c2ccc3nc(-c4ccccccccc4)ccc3n2)cccc1. The number of aromatic nitrogens is 2. The van der Waals surface area contributed by atoms with E-state index in [1.165, 1.54) is 0 Å². The maximum Gasteiger partial charge on any atom is 0.0894 e. The summed E-state index contributed by atoms with van der Waals surface area (Å²) in [5.74, 6) is 0. The predicted molar refractivity (Wildman–Crippen MR) is 126 cm³/mol. The average Bonchev–Trinajstić information content (AvgIpc) is 2.80. The molecule has 2 aromatic heterocycles. The van der Waals surface area contributed by atoms with Gasteiger partial charge in [0.1, 0.15) is 0 Å². The summed E-state index contributed by atoms with van der Waals surface area (Å²) in [4.78, 5) is 9.69. The van der Waals surface area contributed by atoms with Gasteiger partial charge in [-0.1, -0.05) is 109 Å². The van der Waals surface area contributed by atoms with E-state index in [0.717, 1.165) is 33.5 Å². The van der Waals surface area contributed by atoms with Gasteiger partial charge in [-0.05, 0) is 24.3 Å². The number of hydrogen-bond donors (Lipinski definition) is 0. The van der Waals surface area contributed by atoms with Crippen LogP contribution in [0.2, 0.25) is 0 Å². The molecular weight excluding hydrogens is 364 g/mol. The molecule has 2 heterocycles. The maximum atomic E-state index is 4.84. The van der Waals surface area contributed by atoms with Crippen molar-refractivity contribution >= 4 is 11.0 Å². The summed E-state index contributed by atoms with van der Waals surface area (Å²) in [5.41, 5.74) is 5.72. The van der Waals surface area contributed by atoms with Gasteiger partial charge in [0, 0.05) is 11.1 Å². The van der Waals surface area contributed by atoms with E-state index in [-0.39, 0.29) is 0 Å². The molecule has 0 aliphatic heterocycles. The third kappa shape index (κ3) is 5.06. The van der Waals surface area contributed by atoms with Gasteiger partial charge in [0.2, 0.25) is 0 Å². The minimum atomic E-state index is 0.880. The highest BCUT2D eigenvalue weighted by atomic mass is 14.8. The standard InChI is InChI=1S/C28H22N2/c1-3-7-11-15-23(16-12-8-4-1)25-19-21-28-27(29-25)22-20-26(30-28)24-17-13-9-5-2-6-10-14-18-24/h1-22H. The number of nitrogens with zero attached hydrogens (tertiary/aromatic N) is 2. The highest BCUT2D eigenvalue weighted by molar-refractivity contribution is 5.80. The quantitative estimate of drug-likeness (QED) is 0.364. The van der Waals surface area contributed by atoms with Gasteiger partial charge in [0.15, 0.2) is 0 Å². The van der Waals surface area contributed by atoms with Gasteiger partial charge < -0.3 is 0 Å². The molecule has 0 atom stereocenters. The Hall–Kier alpha value is -4.04. The van der Waals surface area contributed by atoms with Crippen molar-refractivity contribution in [1.82, 2.24) is 9.97 Å². The van der Waals surface area contributed by atoms with Crippen LogP contribution < -0.4 is 0 Å². The number of fused-ring (bicyclic) bond motifs is 1. The Balaban J connectivity index is 1.76. The minimum absolute atomic E-state index is 0.880. The first-order chi connectivity index (χ1) is 14.9. The molecule has 0 N–H and O–H groups in total. The zero-order valence-corrected chi connectivity index (χ0v) is 16.6. The van der Waals surface area contributed by atoms with E-state index in [1.807, 2.05) is 109 Å². The zero-order chi connectivity index (χ0) is 20.4. The van der Waals surface area contributed by atoms with Crippen molar-refractivity contribution in [2.75, 3.05) is 0 Å². The summed E-state index contributed by atoms with van der Waals surface area (Å²) < 4.78 is 0. The van der Waals surface area contributed by atoms with Crippen molar-refractivity contribution in [2.45, 2.75) is 0 Å². The van der Waals surface area contributed by atoms with E-state index < -0.39 is 0 Å². The molecule has 0 aliphatic rings. The molecule has 4 rings (SSSR count). The molecule has 30 heavy (non-hydrogen) atoms. The van der Waals surface area contributed by atoms with E-state index in [2.05, 4.69) is 24.3 Å². The summed E-state index contributed by atoms with van der Waals surface area (Å²) >= 11 is 0. The van der Waals surface area contributed by atoms with Gasteiger partial charge in [-0.3, -0.25) is 0 Å². The molecule has 144 valence electrons. The van der Waals surface area contributed by atoms with Crippen LogP contribution in [0.15, 0.2) is 133 Å². The topological polar surface area (TPSA) is 25.8 Å². The first-order valence-electron chi connectivity index (χ1n) is 9.95. The number of pyridine rings is 2. The molecule has 0 radical (unpaired) electrons. The Morgan fingerprint density at radius 2 is 0.600 bits per heavy atom. The van der Waals surface area contributed by atoms with Gasteiger partial charge >= 0.3 is 0 Å². The second-order valence-electron chi connectivity index (χ2n) is 6.70. The van der Waals surface area contributed by atoms with Crippen molar-refractivity contribution in [1.29, 1.82) is 0 Å². The van der Waals surface area contributed by atoms with E-state index in [4.69, 9.17) is 9.97 Å². The van der Waals surface area contributed by atoms with Crippen molar-refractivity contribution in [3.05, 3.63) is 133 Å². The van der Waals surface area contributed by atoms with Gasteiger partial charge in [-0.25, -0.2) is 9.97 Å². The Labute approximate surface area is 177 Å². The van der Waals surface area contributed by atoms with Gasteiger partial charge in [0.05, 0.1) is 22.4 Å². The highest BCUT2D eigenvalue weighted by Crippen LogP contribution is 2.22. The van der Waals surface area contributed by atoms with Crippen LogP contribution in [0.1, 0.15) is 0 Å². The molecular formula is C28H22N2. The van der Waals surface area contributed by atoms with Gasteiger partial charge in [-0.2, -0.15) is 0 Å². The number of rotatable bonds is 2. The Bertz CT molecular complexity index is 1110. The fourth-order valence-corrected chi connectivity index (χ4v) is 3.06. The van der Waals surface area contributed by atoms with Crippen LogP contribution in [0.3, 0.4) is 0 Å². The maximum absolute atomic E-state index is 4.84. The second kappa shape index (κ2) is 9.94. The van der Waals surface area contributed by atoms with Crippen LogP contribution in [-0.4, -0.2) is 9.97 Å². The molecule has 0 saturated carbocycles. The minimum Gasteiger partial charge on any atom is -0.246 e. The summed E-state index contributed by atoms with van der Waals surface area (Å²) in [6.07, 6.45) is 0. The van der Waals surface area contributed by atoms with Crippen LogP contribution in [-0.2, 0) is 0 Å². The van der Waals surface area contributed by atoms with Crippen molar-refractivity contribution in [3.8, 4) is 22.5 Å². The van der Waals surface area contributed by atoms with Crippen LogP contribution in [0.25, 0.3) is 33.5 Å². The monoisotopic (exact) mass is 386 g/mol. The van der Waals surface area contributed by atoms with Gasteiger partial charge in [-0.15, -0.1) is 0 Å². The average molecular weight is 386 g/mol. The van der Waals surface area contributed by atoms with E-state index in [9.17, 15) is 0 Å². The molecule has 2 aromatic carbocycles. The molecule has 0 saturated heterocycles. The summed E-state index contributed by atoms with van der Waals surface area (Å²) in [7, 11) is 0. The molecule has 2 heteroatoms. The molecule has 4 aromatic rings. The van der Waals surface area contributed by atoms with Crippen LogP contribution in [0.5, 0.6) is 0 Å². The Kier molecular flexibility index (Phi) is 6.39. The lowest BCUT2D eigenvalue weighted by Crippen LogP contribution is -1.89. The first kappa shape index (κ1) is 19.3. The summed E-state index contributed by atoms with van der Waals surface area (Å²) in [6, 6.07) is 44.6. The van der Waals surface area contributed by atoms with Crippen molar-refractivity contribution in [3.63, 3.8) is 0 Å². The number of hydrogen-bond acceptors (Lipinski definition) is 2. The molecule has 0 spiro atoms. The zero-order valence-electron chi connectivity index (χ0n) is 16.6. The van der Waals surface area contributed by atoms with Crippen molar-refractivity contribution in [2.24, 2.45) is 0 Å². The molecule has 0 aliphatic carbocycles. The fourth-order valence-electron chi connectivity index (χ4n) is 3.06. The largest absolute Gasteiger partial charge is 0.246 e. The first-order valence-corrected chi connectivity index (χ1v) is 9.95. The summed E-state index contributed by atoms with van der Waals surface area (Å²) in [5, 5.41) is 0. The van der Waals surface area contributed by atoms with Crippen LogP contribution in [0.4, 0.5) is 0 Å². The van der Waals surface area contributed by atoms with Crippen LogP contribution >= 0.6 is 0 Å². The Morgan fingerprint density at radius 1 is 0.300 bits per heavy atom. The second-order valence-corrected chi connectivity index (χ2v) is 6.70. The molecule has 0 fully saturated rings. The molecule has 0 unspecified atom stereocenters. The Morgan fingerprint density at radius 3 is 0.933 bits per heavy atom. The fraction of sp³-hybridized carbons (Fsp3) is 0. The lowest BCUT2D eigenvalue weighted by Gasteiger charge is -2.04.